The van der Waals surface area contributed by atoms with Crippen LogP contribution >= 0.6 is 0 Å². The molecule has 0 spiro atoms. The molecule has 0 aliphatic rings. The Balaban J connectivity index is 1.99. The third-order valence-corrected chi connectivity index (χ3v) is 3.41. The summed E-state index contributed by atoms with van der Waals surface area (Å²) >= 11 is 0. The predicted octanol–water partition coefficient (Wildman–Crippen LogP) is 2.84. The molecule has 21 heavy (non-hydrogen) atoms. The fourth-order valence-corrected chi connectivity index (χ4v) is 2.25. The van der Waals surface area contributed by atoms with Crippen LogP contribution in [0.1, 0.15) is 38.4 Å². The van der Waals surface area contributed by atoms with Crippen LogP contribution in [0.4, 0.5) is 5.69 Å². The molecule has 0 aliphatic heterocycles. The normalized spacial score (nSPS) is 11.0. The minimum Gasteiger partial charge on any atom is -0.342 e. The molecule has 1 aromatic heterocycles. The molecule has 0 unspecified atom stereocenters. The molecule has 0 aliphatic carbocycles. The van der Waals surface area contributed by atoms with Crippen molar-refractivity contribution in [1.82, 2.24) is 15.3 Å². The van der Waals surface area contributed by atoms with Gasteiger partial charge < -0.3 is 15.6 Å². The Hall–Kier alpha value is -1.88. The van der Waals surface area contributed by atoms with Crippen molar-refractivity contribution in [2.75, 3.05) is 18.9 Å². The Morgan fingerprint density at radius 2 is 2.19 bits per heavy atom. The van der Waals surface area contributed by atoms with E-state index in [0.29, 0.717) is 6.42 Å². The quantitative estimate of drug-likeness (QED) is 0.654. The van der Waals surface area contributed by atoms with Gasteiger partial charge in [0.05, 0.1) is 11.0 Å². The van der Waals surface area contributed by atoms with Crippen LogP contribution in [0, 0.1) is 0 Å². The molecule has 0 saturated carbocycles. The molecule has 1 aromatic carbocycles. The van der Waals surface area contributed by atoms with Crippen molar-refractivity contribution in [3.05, 3.63) is 24.0 Å². The summed E-state index contributed by atoms with van der Waals surface area (Å²) in [5, 5.41) is 5.97. The van der Waals surface area contributed by atoms with E-state index in [4.69, 9.17) is 0 Å². The number of aromatic amines is 1. The number of nitrogens with zero attached hydrogens (tertiary/aromatic N) is 1. The SMILES string of the molecule is CCCCc1nc2ccc(NC(=O)CCCNC)cc2[nH]1. The molecule has 0 atom stereocenters. The standard InChI is InChI=1S/C16H24N4O/c1-3-4-6-15-19-13-9-8-12(11-14(13)20-15)18-16(21)7-5-10-17-2/h8-9,11,17H,3-7,10H2,1-2H3,(H,18,21)(H,19,20). The third-order valence-electron chi connectivity index (χ3n) is 3.41. The number of aryl methyl sites for hydroxylation is 1. The Morgan fingerprint density at radius 1 is 1.33 bits per heavy atom. The number of anilines is 1. The van der Waals surface area contributed by atoms with Gasteiger partial charge in [0.1, 0.15) is 5.82 Å². The van der Waals surface area contributed by atoms with Crippen molar-refractivity contribution in [2.45, 2.75) is 39.0 Å². The number of hydrogen-bond donors (Lipinski definition) is 3. The molecule has 3 N–H and O–H groups in total. The lowest BCUT2D eigenvalue weighted by Crippen LogP contribution is -2.15. The maximum Gasteiger partial charge on any atom is 0.224 e. The molecule has 1 heterocycles. The van der Waals surface area contributed by atoms with Gasteiger partial charge in [-0.05, 0) is 44.6 Å². The topological polar surface area (TPSA) is 69.8 Å². The molecule has 1 amide bonds. The molecular weight excluding hydrogens is 264 g/mol. The molecular formula is C16H24N4O. The number of H-pyrrole nitrogens is 1. The Morgan fingerprint density at radius 3 is 2.95 bits per heavy atom. The number of fused-ring (bicyclic) bond motifs is 1. The van der Waals surface area contributed by atoms with Gasteiger partial charge in [0.2, 0.25) is 5.91 Å². The van der Waals surface area contributed by atoms with Gasteiger partial charge in [-0.1, -0.05) is 13.3 Å². The highest BCUT2D eigenvalue weighted by Crippen LogP contribution is 2.18. The van der Waals surface area contributed by atoms with Gasteiger partial charge >= 0.3 is 0 Å². The van der Waals surface area contributed by atoms with Crippen LogP contribution in [0.3, 0.4) is 0 Å². The number of amides is 1. The molecule has 0 radical (unpaired) electrons. The first-order chi connectivity index (χ1) is 10.2. The Labute approximate surface area is 125 Å². The van der Waals surface area contributed by atoms with Crippen molar-refractivity contribution in [3.8, 4) is 0 Å². The first-order valence-corrected chi connectivity index (χ1v) is 7.66. The van der Waals surface area contributed by atoms with Crippen molar-refractivity contribution in [1.29, 1.82) is 0 Å². The van der Waals surface area contributed by atoms with E-state index >= 15 is 0 Å². The zero-order chi connectivity index (χ0) is 15.1. The maximum absolute atomic E-state index is 11.8. The van der Waals surface area contributed by atoms with Crippen molar-refractivity contribution < 1.29 is 4.79 Å². The van der Waals surface area contributed by atoms with Gasteiger partial charge in [-0.25, -0.2) is 4.98 Å². The lowest BCUT2D eigenvalue weighted by molar-refractivity contribution is -0.116. The zero-order valence-corrected chi connectivity index (χ0v) is 12.8. The van der Waals surface area contributed by atoms with Gasteiger partial charge in [0, 0.05) is 18.5 Å². The fraction of sp³-hybridized carbons (Fsp3) is 0.500. The second-order valence-corrected chi connectivity index (χ2v) is 5.27. The highest BCUT2D eigenvalue weighted by Gasteiger charge is 2.06. The number of carbonyl (C=O) groups excluding carboxylic acids is 1. The number of unbranched alkanes of at least 4 members (excludes halogenated alkanes) is 1. The van der Waals surface area contributed by atoms with E-state index < -0.39 is 0 Å². The lowest BCUT2D eigenvalue weighted by Gasteiger charge is -2.04. The summed E-state index contributed by atoms with van der Waals surface area (Å²) in [6, 6.07) is 5.81. The highest BCUT2D eigenvalue weighted by atomic mass is 16.1. The average molecular weight is 288 g/mol. The van der Waals surface area contributed by atoms with E-state index in [0.717, 1.165) is 54.8 Å². The number of aromatic nitrogens is 2. The lowest BCUT2D eigenvalue weighted by atomic mass is 10.2. The van der Waals surface area contributed by atoms with Crippen LogP contribution in [0.25, 0.3) is 11.0 Å². The summed E-state index contributed by atoms with van der Waals surface area (Å²) in [5.41, 5.74) is 2.76. The van der Waals surface area contributed by atoms with E-state index in [2.05, 4.69) is 27.5 Å². The first kappa shape index (κ1) is 15.5. The summed E-state index contributed by atoms with van der Waals surface area (Å²) in [6.45, 7) is 3.03. The molecule has 5 nitrogen and oxygen atoms in total. The average Bonchev–Trinajstić information content (AvgIpc) is 2.87. The Bertz CT molecular complexity index is 591. The second kappa shape index (κ2) is 7.78. The molecule has 114 valence electrons. The monoisotopic (exact) mass is 288 g/mol. The van der Waals surface area contributed by atoms with Crippen molar-refractivity contribution in [3.63, 3.8) is 0 Å². The van der Waals surface area contributed by atoms with E-state index in [1.54, 1.807) is 0 Å². The van der Waals surface area contributed by atoms with E-state index in [1.165, 1.54) is 0 Å². The smallest absolute Gasteiger partial charge is 0.224 e. The van der Waals surface area contributed by atoms with Crippen LogP contribution in [0.5, 0.6) is 0 Å². The van der Waals surface area contributed by atoms with Crippen LogP contribution in [0.15, 0.2) is 18.2 Å². The summed E-state index contributed by atoms with van der Waals surface area (Å²) < 4.78 is 0. The number of nitrogens with one attached hydrogen (secondary N) is 3. The van der Waals surface area contributed by atoms with Crippen LogP contribution < -0.4 is 10.6 Å². The summed E-state index contributed by atoms with van der Waals surface area (Å²) in [5.74, 6) is 1.07. The minimum atomic E-state index is 0.0512. The third kappa shape index (κ3) is 4.56. The van der Waals surface area contributed by atoms with Crippen molar-refractivity contribution >= 4 is 22.6 Å². The van der Waals surface area contributed by atoms with Gasteiger partial charge in [0.15, 0.2) is 0 Å². The van der Waals surface area contributed by atoms with Crippen LogP contribution in [0.2, 0.25) is 0 Å². The largest absolute Gasteiger partial charge is 0.342 e. The van der Waals surface area contributed by atoms with Crippen LogP contribution in [-0.2, 0) is 11.2 Å². The molecule has 2 aromatic rings. The Kier molecular flexibility index (Phi) is 5.75. The minimum absolute atomic E-state index is 0.0512. The van der Waals surface area contributed by atoms with Crippen molar-refractivity contribution in [2.24, 2.45) is 0 Å². The summed E-state index contributed by atoms with van der Waals surface area (Å²) in [4.78, 5) is 19.7. The first-order valence-electron chi connectivity index (χ1n) is 7.66. The van der Waals surface area contributed by atoms with Gasteiger partial charge in [0.25, 0.3) is 0 Å². The number of benzene rings is 1. The van der Waals surface area contributed by atoms with E-state index in [-0.39, 0.29) is 5.91 Å². The molecule has 0 bridgehead atoms. The maximum atomic E-state index is 11.8. The zero-order valence-electron chi connectivity index (χ0n) is 12.8. The number of carbonyl (C=O) groups is 1. The van der Waals surface area contributed by atoms with Gasteiger partial charge in [-0.3, -0.25) is 4.79 Å². The fourth-order valence-electron chi connectivity index (χ4n) is 2.25. The van der Waals surface area contributed by atoms with Crippen LogP contribution in [-0.4, -0.2) is 29.5 Å². The van der Waals surface area contributed by atoms with Gasteiger partial charge in [-0.15, -0.1) is 0 Å². The van der Waals surface area contributed by atoms with Gasteiger partial charge in [-0.2, -0.15) is 0 Å². The second-order valence-electron chi connectivity index (χ2n) is 5.27. The number of imidazole rings is 1. The number of rotatable bonds is 8. The summed E-state index contributed by atoms with van der Waals surface area (Å²) in [7, 11) is 1.89. The predicted molar refractivity (Wildman–Crippen MR) is 86.5 cm³/mol. The molecule has 5 heteroatoms. The molecule has 2 rings (SSSR count). The highest BCUT2D eigenvalue weighted by molar-refractivity contribution is 5.93. The van der Waals surface area contributed by atoms with E-state index in [9.17, 15) is 4.79 Å². The summed E-state index contributed by atoms with van der Waals surface area (Å²) in [6.07, 6.45) is 4.64. The molecule has 0 saturated heterocycles. The molecule has 0 fully saturated rings. The van der Waals surface area contributed by atoms with E-state index in [1.807, 2.05) is 25.2 Å². The number of hydrogen-bond acceptors (Lipinski definition) is 3.